The molecule has 1 aromatic carbocycles. The van der Waals surface area contributed by atoms with E-state index in [0.29, 0.717) is 18.8 Å². The fourth-order valence-electron chi connectivity index (χ4n) is 1.72. The molecular weight excluding hydrogens is 322 g/mol. The van der Waals surface area contributed by atoms with Crippen molar-refractivity contribution in [1.29, 1.82) is 0 Å². The molecular formula is C15H24ClN3O4. The maximum atomic E-state index is 11.7. The van der Waals surface area contributed by atoms with E-state index < -0.39 is 6.04 Å². The molecule has 1 aromatic rings. The van der Waals surface area contributed by atoms with E-state index in [1.165, 1.54) is 7.11 Å². The summed E-state index contributed by atoms with van der Waals surface area (Å²) in [4.78, 5) is 23.0. The van der Waals surface area contributed by atoms with Crippen molar-refractivity contribution < 1.29 is 19.1 Å². The molecule has 0 aromatic heterocycles. The minimum atomic E-state index is -0.692. The second kappa shape index (κ2) is 11.7. The van der Waals surface area contributed by atoms with Crippen LogP contribution in [0.5, 0.6) is 5.75 Å². The third-order valence-corrected chi connectivity index (χ3v) is 2.79. The van der Waals surface area contributed by atoms with Gasteiger partial charge in [0.1, 0.15) is 11.8 Å². The number of benzene rings is 1. The lowest BCUT2D eigenvalue weighted by molar-refractivity contribution is -0.124. The fraction of sp³-hybridized carbons (Fsp3) is 0.467. The molecule has 0 saturated carbocycles. The SMILES string of the molecule is CCNC(=O)COc1cccc(CNC(=O)C(N)COC)c1.Cl. The molecule has 1 unspecified atom stereocenters. The highest BCUT2D eigenvalue weighted by atomic mass is 35.5. The molecule has 23 heavy (non-hydrogen) atoms. The van der Waals surface area contributed by atoms with Crippen LogP contribution in [0.2, 0.25) is 0 Å². The Balaban J connectivity index is 0.00000484. The zero-order valence-electron chi connectivity index (χ0n) is 13.3. The third kappa shape index (κ3) is 8.39. The topological polar surface area (TPSA) is 103 Å². The lowest BCUT2D eigenvalue weighted by Crippen LogP contribution is -2.43. The molecule has 0 heterocycles. The highest BCUT2D eigenvalue weighted by molar-refractivity contribution is 5.85. The van der Waals surface area contributed by atoms with Gasteiger partial charge < -0.3 is 25.8 Å². The van der Waals surface area contributed by atoms with Gasteiger partial charge >= 0.3 is 0 Å². The highest BCUT2D eigenvalue weighted by Gasteiger charge is 2.12. The van der Waals surface area contributed by atoms with Gasteiger partial charge in [-0.25, -0.2) is 0 Å². The van der Waals surface area contributed by atoms with Gasteiger partial charge in [-0.2, -0.15) is 0 Å². The van der Waals surface area contributed by atoms with Crippen molar-refractivity contribution in [2.24, 2.45) is 5.73 Å². The van der Waals surface area contributed by atoms with Crippen LogP contribution in [0.3, 0.4) is 0 Å². The Morgan fingerprint density at radius 1 is 1.30 bits per heavy atom. The van der Waals surface area contributed by atoms with E-state index in [-0.39, 0.29) is 37.4 Å². The number of carbonyl (C=O) groups excluding carboxylic acids is 2. The van der Waals surface area contributed by atoms with E-state index in [2.05, 4.69) is 10.6 Å². The number of hydrogen-bond donors (Lipinski definition) is 3. The molecule has 7 nitrogen and oxygen atoms in total. The number of nitrogens with two attached hydrogens (primary N) is 1. The lowest BCUT2D eigenvalue weighted by atomic mass is 10.2. The summed E-state index contributed by atoms with van der Waals surface area (Å²) in [7, 11) is 1.49. The summed E-state index contributed by atoms with van der Waals surface area (Å²) in [6.07, 6.45) is 0. The molecule has 0 aliphatic carbocycles. The Kier molecular flexibility index (Phi) is 10.8. The monoisotopic (exact) mass is 345 g/mol. The zero-order chi connectivity index (χ0) is 16.4. The molecule has 2 amide bonds. The Bertz CT molecular complexity index is 499. The predicted molar refractivity (Wildman–Crippen MR) is 89.6 cm³/mol. The minimum absolute atomic E-state index is 0. The Morgan fingerprint density at radius 2 is 2.04 bits per heavy atom. The molecule has 0 radical (unpaired) electrons. The Labute approximate surface area is 142 Å². The average molecular weight is 346 g/mol. The molecule has 130 valence electrons. The zero-order valence-corrected chi connectivity index (χ0v) is 14.2. The maximum absolute atomic E-state index is 11.7. The van der Waals surface area contributed by atoms with Gasteiger partial charge in [0.05, 0.1) is 6.61 Å². The standard InChI is InChI=1S/C15H23N3O4.ClH/c1-3-17-14(19)10-22-12-6-4-5-11(7-12)8-18-15(20)13(16)9-21-2;/h4-7,13H,3,8-10,16H2,1-2H3,(H,17,19)(H,18,20);1H. The first-order chi connectivity index (χ1) is 10.6. The van der Waals surface area contributed by atoms with Crippen LogP contribution in [-0.2, 0) is 20.9 Å². The molecule has 8 heteroatoms. The molecule has 0 aliphatic heterocycles. The molecule has 0 bridgehead atoms. The quantitative estimate of drug-likeness (QED) is 0.594. The van der Waals surface area contributed by atoms with E-state index in [1.54, 1.807) is 18.2 Å². The molecule has 4 N–H and O–H groups in total. The summed E-state index contributed by atoms with van der Waals surface area (Å²) in [5, 5.41) is 5.37. The Hall–Kier alpha value is -1.83. The van der Waals surface area contributed by atoms with Gasteiger partial charge in [-0.05, 0) is 24.6 Å². The van der Waals surface area contributed by atoms with Gasteiger partial charge in [0.25, 0.3) is 5.91 Å². The molecule has 0 aliphatic rings. The number of rotatable bonds is 9. The second-order valence-corrected chi connectivity index (χ2v) is 4.67. The lowest BCUT2D eigenvalue weighted by Gasteiger charge is -2.12. The van der Waals surface area contributed by atoms with E-state index in [0.717, 1.165) is 5.56 Å². The number of ether oxygens (including phenoxy) is 2. The maximum Gasteiger partial charge on any atom is 0.257 e. The number of nitrogens with one attached hydrogen (secondary N) is 2. The van der Waals surface area contributed by atoms with E-state index in [1.807, 2.05) is 13.0 Å². The number of amides is 2. The number of hydrogen-bond acceptors (Lipinski definition) is 5. The van der Waals surface area contributed by atoms with Crippen molar-refractivity contribution >= 4 is 24.2 Å². The van der Waals surface area contributed by atoms with Crippen molar-refractivity contribution in [1.82, 2.24) is 10.6 Å². The van der Waals surface area contributed by atoms with Crippen LogP contribution in [0.1, 0.15) is 12.5 Å². The van der Waals surface area contributed by atoms with E-state index in [9.17, 15) is 9.59 Å². The van der Waals surface area contributed by atoms with Gasteiger partial charge in [-0.1, -0.05) is 12.1 Å². The average Bonchev–Trinajstić information content (AvgIpc) is 2.51. The van der Waals surface area contributed by atoms with Crippen LogP contribution in [0.4, 0.5) is 0 Å². The molecule has 0 saturated heterocycles. The largest absolute Gasteiger partial charge is 0.484 e. The van der Waals surface area contributed by atoms with E-state index >= 15 is 0 Å². The minimum Gasteiger partial charge on any atom is -0.484 e. The van der Waals surface area contributed by atoms with Crippen LogP contribution in [0.25, 0.3) is 0 Å². The second-order valence-electron chi connectivity index (χ2n) is 4.67. The third-order valence-electron chi connectivity index (χ3n) is 2.79. The summed E-state index contributed by atoms with van der Waals surface area (Å²) < 4.78 is 10.2. The number of halogens is 1. The van der Waals surface area contributed by atoms with Gasteiger partial charge in [0.15, 0.2) is 6.61 Å². The molecule has 0 spiro atoms. The van der Waals surface area contributed by atoms with Crippen molar-refractivity contribution in [3.8, 4) is 5.75 Å². The summed E-state index contributed by atoms with van der Waals surface area (Å²) in [6, 6.07) is 6.47. The van der Waals surface area contributed by atoms with Crippen LogP contribution in [0, 0.1) is 0 Å². The fourth-order valence-corrected chi connectivity index (χ4v) is 1.72. The summed E-state index contributed by atoms with van der Waals surface area (Å²) in [5.41, 5.74) is 6.48. The van der Waals surface area contributed by atoms with Gasteiger partial charge in [0.2, 0.25) is 5.91 Å². The van der Waals surface area contributed by atoms with Crippen molar-refractivity contribution in [3.63, 3.8) is 0 Å². The number of likely N-dealkylation sites (N-methyl/N-ethyl adjacent to an activating group) is 1. The first kappa shape index (κ1) is 21.2. The molecule has 1 atom stereocenters. The first-order valence-electron chi connectivity index (χ1n) is 7.07. The van der Waals surface area contributed by atoms with Crippen LogP contribution >= 0.6 is 12.4 Å². The van der Waals surface area contributed by atoms with Crippen molar-refractivity contribution in [2.45, 2.75) is 19.5 Å². The van der Waals surface area contributed by atoms with Gasteiger partial charge in [-0.3, -0.25) is 9.59 Å². The first-order valence-corrected chi connectivity index (χ1v) is 7.07. The summed E-state index contributed by atoms with van der Waals surface area (Å²) >= 11 is 0. The molecule has 1 rings (SSSR count). The number of methoxy groups -OCH3 is 1. The predicted octanol–water partition coefficient (Wildman–Crippen LogP) is 0.213. The van der Waals surface area contributed by atoms with Gasteiger partial charge in [0, 0.05) is 20.2 Å². The van der Waals surface area contributed by atoms with Crippen LogP contribution in [0.15, 0.2) is 24.3 Å². The normalized spacial score (nSPS) is 11.1. The van der Waals surface area contributed by atoms with Crippen molar-refractivity contribution in [3.05, 3.63) is 29.8 Å². The van der Waals surface area contributed by atoms with Crippen molar-refractivity contribution in [2.75, 3.05) is 26.9 Å². The molecule has 0 fully saturated rings. The van der Waals surface area contributed by atoms with Crippen LogP contribution < -0.4 is 21.1 Å². The highest BCUT2D eigenvalue weighted by Crippen LogP contribution is 2.13. The van der Waals surface area contributed by atoms with Gasteiger partial charge in [-0.15, -0.1) is 12.4 Å². The summed E-state index contributed by atoms with van der Waals surface area (Å²) in [5.74, 6) is 0.112. The smallest absolute Gasteiger partial charge is 0.257 e. The Morgan fingerprint density at radius 3 is 2.70 bits per heavy atom. The number of carbonyl (C=O) groups is 2. The summed E-state index contributed by atoms with van der Waals surface area (Å²) in [6.45, 7) is 2.87. The van der Waals surface area contributed by atoms with Crippen LogP contribution in [-0.4, -0.2) is 44.7 Å². The van der Waals surface area contributed by atoms with E-state index in [4.69, 9.17) is 15.2 Å².